The third-order valence-electron chi connectivity index (χ3n) is 3.17. The highest BCUT2D eigenvalue weighted by Gasteiger charge is 2.33. The minimum atomic E-state index is -1.07. The van der Waals surface area contributed by atoms with Crippen LogP contribution in [0.25, 0.3) is 10.8 Å². The van der Waals surface area contributed by atoms with Gasteiger partial charge in [0, 0.05) is 29.0 Å². The topological polar surface area (TPSA) is 130 Å². The molecule has 0 fully saturated rings. The van der Waals surface area contributed by atoms with Crippen molar-refractivity contribution in [2.45, 2.75) is 0 Å². The van der Waals surface area contributed by atoms with E-state index < -0.39 is 38.2 Å². The highest BCUT2D eigenvalue weighted by atomic mass is 35.5. The Hall–Kier alpha value is -3.07. The van der Waals surface area contributed by atoms with Crippen LogP contribution in [0.5, 0.6) is 0 Å². The summed E-state index contributed by atoms with van der Waals surface area (Å²) < 4.78 is 4.45. The largest absolute Gasteiger partial charge is 0.386 e. The number of carbonyl (C=O) groups excluding carboxylic acids is 2. The Morgan fingerprint density at radius 3 is 2.09 bits per heavy atom. The normalized spacial score (nSPS) is 13.1. The number of hydrogen-bond acceptors (Lipinski definition) is 7. The summed E-state index contributed by atoms with van der Waals surface area (Å²) in [6.07, 6.45) is 0. The van der Waals surface area contributed by atoms with E-state index in [1.54, 1.807) is 0 Å². The molecule has 2 aromatic rings. The average molecular weight is 323 g/mol. The summed E-state index contributed by atoms with van der Waals surface area (Å²) in [5.74, 6) is -2.15. The molecule has 0 saturated carbocycles. The molecule has 0 saturated heterocycles. The monoisotopic (exact) mass is 322 g/mol. The first kappa shape index (κ1) is 13.9. The molecular formula is C12H3ClN2O7. The number of nitro benzene ring substituents is 2. The molecule has 1 aliphatic rings. The number of esters is 2. The summed E-state index contributed by atoms with van der Waals surface area (Å²) in [7, 11) is 0. The second-order valence-electron chi connectivity index (χ2n) is 4.36. The maximum atomic E-state index is 11.7. The van der Waals surface area contributed by atoms with Gasteiger partial charge in [-0.3, -0.25) is 20.2 Å². The molecule has 0 amide bonds. The van der Waals surface area contributed by atoms with E-state index in [9.17, 15) is 29.8 Å². The van der Waals surface area contributed by atoms with Crippen LogP contribution >= 0.6 is 11.6 Å². The minimum absolute atomic E-state index is 0.00227. The zero-order valence-electron chi connectivity index (χ0n) is 10.4. The highest BCUT2D eigenvalue weighted by molar-refractivity contribution is 6.39. The fourth-order valence-corrected chi connectivity index (χ4v) is 2.53. The molecule has 9 nitrogen and oxygen atoms in total. The molecule has 0 atom stereocenters. The van der Waals surface area contributed by atoms with Crippen molar-refractivity contribution in [2.75, 3.05) is 0 Å². The Morgan fingerprint density at radius 2 is 1.55 bits per heavy atom. The fourth-order valence-electron chi connectivity index (χ4n) is 2.25. The van der Waals surface area contributed by atoms with Crippen LogP contribution in [0.15, 0.2) is 18.2 Å². The third-order valence-corrected chi connectivity index (χ3v) is 3.56. The summed E-state index contributed by atoms with van der Waals surface area (Å²) in [5.41, 5.74) is -1.59. The number of benzene rings is 2. The van der Waals surface area contributed by atoms with E-state index in [1.165, 1.54) is 0 Å². The maximum absolute atomic E-state index is 11.7. The van der Waals surface area contributed by atoms with Gasteiger partial charge in [0.25, 0.3) is 11.4 Å². The smallest absolute Gasteiger partial charge is 0.346 e. The van der Waals surface area contributed by atoms with Gasteiger partial charge in [0.15, 0.2) is 0 Å². The molecule has 1 heterocycles. The second-order valence-corrected chi connectivity index (χ2v) is 4.74. The number of carbonyl (C=O) groups is 2. The Bertz CT molecular complexity index is 901. The molecule has 0 unspecified atom stereocenters. The first-order chi connectivity index (χ1) is 10.3. The predicted molar refractivity (Wildman–Crippen MR) is 72.0 cm³/mol. The van der Waals surface area contributed by atoms with Gasteiger partial charge in [-0.05, 0) is 0 Å². The van der Waals surface area contributed by atoms with Crippen LogP contribution in [0, 0.1) is 20.2 Å². The molecular weight excluding hydrogens is 320 g/mol. The molecule has 0 bridgehead atoms. The van der Waals surface area contributed by atoms with Crippen LogP contribution < -0.4 is 0 Å². The van der Waals surface area contributed by atoms with Crippen LogP contribution in [0.2, 0.25) is 5.02 Å². The SMILES string of the molecule is O=C1OC(=O)c2cc([N+](=O)[O-])c(Cl)c3cc([N+](=O)[O-])cc1c23. The summed E-state index contributed by atoms with van der Waals surface area (Å²) >= 11 is 5.91. The zero-order valence-corrected chi connectivity index (χ0v) is 11.1. The molecule has 3 rings (SSSR count). The molecule has 1 aliphatic heterocycles. The van der Waals surface area contributed by atoms with E-state index in [0.717, 1.165) is 18.2 Å². The van der Waals surface area contributed by atoms with Gasteiger partial charge >= 0.3 is 11.9 Å². The number of nitrogens with zero attached hydrogens (tertiary/aromatic N) is 2. The fraction of sp³-hybridized carbons (Fsp3) is 0. The molecule has 22 heavy (non-hydrogen) atoms. The number of non-ortho nitro benzene ring substituents is 1. The first-order valence-electron chi connectivity index (χ1n) is 5.67. The van der Waals surface area contributed by atoms with Crippen molar-refractivity contribution in [3.05, 3.63) is 54.6 Å². The molecule has 0 radical (unpaired) electrons. The highest BCUT2D eigenvalue weighted by Crippen LogP contribution is 2.41. The quantitative estimate of drug-likeness (QED) is 0.359. The van der Waals surface area contributed by atoms with E-state index in [0.29, 0.717) is 0 Å². The van der Waals surface area contributed by atoms with Crippen molar-refractivity contribution >= 4 is 45.7 Å². The summed E-state index contributed by atoms with van der Waals surface area (Å²) in [5, 5.41) is 21.4. The van der Waals surface area contributed by atoms with Gasteiger partial charge in [-0.15, -0.1) is 0 Å². The minimum Gasteiger partial charge on any atom is -0.386 e. The van der Waals surface area contributed by atoms with Crippen molar-refractivity contribution in [2.24, 2.45) is 0 Å². The zero-order chi connectivity index (χ0) is 16.2. The average Bonchev–Trinajstić information content (AvgIpc) is 2.45. The summed E-state index contributed by atoms with van der Waals surface area (Å²) in [4.78, 5) is 43.8. The summed E-state index contributed by atoms with van der Waals surface area (Å²) in [6, 6.07) is 2.79. The van der Waals surface area contributed by atoms with E-state index in [1.807, 2.05) is 0 Å². The lowest BCUT2D eigenvalue weighted by atomic mass is 9.95. The van der Waals surface area contributed by atoms with Gasteiger partial charge in [-0.25, -0.2) is 9.59 Å². The molecule has 2 aromatic carbocycles. The Kier molecular flexibility index (Phi) is 2.82. The molecule has 10 heteroatoms. The van der Waals surface area contributed by atoms with Crippen LogP contribution in [-0.4, -0.2) is 21.8 Å². The van der Waals surface area contributed by atoms with Crippen LogP contribution in [0.3, 0.4) is 0 Å². The second kappa shape index (κ2) is 4.46. The van der Waals surface area contributed by atoms with E-state index in [2.05, 4.69) is 4.74 Å². The van der Waals surface area contributed by atoms with E-state index in [4.69, 9.17) is 11.6 Å². The van der Waals surface area contributed by atoms with Gasteiger partial charge in [-0.2, -0.15) is 0 Å². The van der Waals surface area contributed by atoms with Crippen LogP contribution in [0.4, 0.5) is 11.4 Å². The van der Waals surface area contributed by atoms with Gasteiger partial charge in [-0.1, -0.05) is 11.6 Å². The van der Waals surface area contributed by atoms with Crippen LogP contribution in [-0.2, 0) is 4.74 Å². The van der Waals surface area contributed by atoms with E-state index >= 15 is 0 Å². The lowest BCUT2D eigenvalue weighted by molar-refractivity contribution is -0.385. The van der Waals surface area contributed by atoms with E-state index in [-0.39, 0.29) is 21.9 Å². The van der Waals surface area contributed by atoms with Crippen molar-refractivity contribution in [3.8, 4) is 0 Å². The molecule has 0 aliphatic carbocycles. The lowest BCUT2D eigenvalue weighted by Crippen LogP contribution is -2.20. The Morgan fingerprint density at radius 1 is 0.955 bits per heavy atom. The predicted octanol–water partition coefficient (Wildman–Crippen LogP) is 2.62. The van der Waals surface area contributed by atoms with Crippen molar-refractivity contribution in [1.82, 2.24) is 0 Å². The number of halogens is 1. The standard InChI is InChI=1S/C12H3ClN2O7/c13-10-5-1-4(14(18)19)2-6-9(5)7(3-8(10)15(20)21)12(17)22-11(6)16/h1-3H. The van der Waals surface area contributed by atoms with Gasteiger partial charge in [0.1, 0.15) is 5.02 Å². The number of ether oxygens (including phenoxy) is 1. The number of nitro groups is 2. The number of hydrogen-bond donors (Lipinski definition) is 0. The lowest BCUT2D eigenvalue weighted by Gasteiger charge is -2.16. The molecule has 110 valence electrons. The number of rotatable bonds is 2. The molecule has 0 spiro atoms. The van der Waals surface area contributed by atoms with Crippen molar-refractivity contribution in [3.63, 3.8) is 0 Å². The van der Waals surface area contributed by atoms with Gasteiger partial charge in [0.05, 0.1) is 21.0 Å². The summed E-state index contributed by atoms with van der Waals surface area (Å²) in [6.45, 7) is 0. The Labute approximate surface area is 125 Å². The number of cyclic esters (lactones) is 2. The molecule has 0 aromatic heterocycles. The van der Waals surface area contributed by atoms with Crippen molar-refractivity contribution in [1.29, 1.82) is 0 Å². The van der Waals surface area contributed by atoms with Crippen LogP contribution in [0.1, 0.15) is 20.7 Å². The van der Waals surface area contributed by atoms with Gasteiger partial charge < -0.3 is 4.74 Å². The first-order valence-corrected chi connectivity index (χ1v) is 6.04. The molecule has 0 N–H and O–H groups in total. The van der Waals surface area contributed by atoms with Crippen molar-refractivity contribution < 1.29 is 24.2 Å². The third kappa shape index (κ3) is 1.79. The maximum Gasteiger partial charge on any atom is 0.346 e. The Balaban J connectivity index is 2.56. The van der Waals surface area contributed by atoms with Gasteiger partial charge in [0.2, 0.25) is 0 Å².